The molecule has 2 aliphatic heterocycles. The molecule has 69 heavy (non-hydrogen) atoms. The lowest BCUT2D eigenvalue weighted by Crippen LogP contribution is -2.35. The monoisotopic (exact) mass is 964 g/mol. The first kappa shape index (κ1) is 54.0. The summed E-state index contributed by atoms with van der Waals surface area (Å²) in [6.07, 6.45) is 5.96. The Kier molecular flexibility index (Phi) is 22.8. The fourth-order valence-corrected chi connectivity index (χ4v) is 7.97. The van der Waals surface area contributed by atoms with Crippen LogP contribution in [-0.4, -0.2) is 129 Å². The molecule has 0 spiro atoms. The Morgan fingerprint density at radius 2 is 1.19 bits per heavy atom. The number of nitrogens with one attached hydrogen (secondary N) is 4. The SMILES string of the molecule is CCN(CC)c1ccc2cc(C(=O)NCCOCCCCC(=O)NN)c(=O)oc2c1.NNC(=O)CCOCCOCCOCCOCCNC(=O)c1cc2cc3c4c(c2oc1=O)CCCN4CCC3. The summed E-state index contributed by atoms with van der Waals surface area (Å²) in [4.78, 5) is 76.4. The first-order valence-electron chi connectivity index (χ1n) is 23.7. The summed E-state index contributed by atoms with van der Waals surface area (Å²) in [5.74, 6) is 8.52. The van der Waals surface area contributed by atoms with Gasteiger partial charge in [0, 0.05) is 86.1 Å². The van der Waals surface area contributed by atoms with Crippen molar-refractivity contribution in [1.29, 1.82) is 0 Å². The van der Waals surface area contributed by atoms with E-state index < -0.39 is 23.1 Å². The molecular formula is C48H68N8O13. The van der Waals surface area contributed by atoms with Crippen LogP contribution in [0.2, 0.25) is 0 Å². The lowest BCUT2D eigenvalue weighted by atomic mass is 9.90. The van der Waals surface area contributed by atoms with Crippen molar-refractivity contribution in [3.63, 3.8) is 0 Å². The number of ether oxygens (including phenoxy) is 5. The van der Waals surface area contributed by atoms with Gasteiger partial charge in [-0.05, 0) is 88.3 Å². The lowest BCUT2D eigenvalue weighted by molar-refractivity contribution is -0.122. The first-order valence-corrected chi connectivity index (χ1v) is 23.7. The number of carbonyl (C=O) groups is 4. The van der Waals surface area contributed by atoms with Gasteiger partial charge in [-0.1, -0.05) is 0 Å². The summed E-state index contributed by atoms with van der Waals surface area (Å²) >= 11 is 0. The molecule has 0 fully saturated rings. The number of anilines is 2. The van der Waals surface area contributed by atoms with Crippen LogP contribution in [0.5, 0.6) is 0 Å². The fraction of sp³-hybridized carbons (Fsp3) is 0.542. The van der Waals surface area contributed by atoms with Gasteiger partial charge in [-0.25, -0.2) is 21.3 Å². The van der Waals surface area contributed by atoms with Crippen molar-refractivity contribution in [3.8, 4) is 0 Å². The zero-order valence-corrected chi connectivity index (χ0v) is 39.8. The molecule has 0 saturated heterocycles. The number of hydrogen-bond donors (Lipinski definition) is 6. The number of aryl methyl sites for hydroxylation is 2. The largest absolute Gasteiger partial charge is 0.422 e. The highest BCUT2D eigenvalue weighted by Crippen LogP contribution is 2.39. The molecule has 0 saturated carbocycles. The van der Waals surface area contributed by atoms with Crippen molar-refractivity contribution < 1.29 is 51.7 Å². The average molecular weight is 965 g/mol. The van der Waals surface area contributed by atoms with E-state index in [1.54, 1.807) is 12.1 Å². The van der Waals surface area contributed by atoms with Gasteiger partial charge in [0.15, 0.2) is 0 Å². The summed E-state index contributed by atoms with van der Waals surface area (Å²) in [6, 6.07) is 10.9. The number of benzene rings is 2. The molecule has 4 heterocycles. The Balaban J connectivity index is 0.000000267. The van der Waals surface area contributed by atoms with Crippen LogP contribution < -0.4 is 54.2 Å². The molecule has 0 aliphatic carbocycles. The molecule has 0 radical (unpaired) electrons. The Hall–Kier alpha value is -5.94. The van der Waals surface area contributed by atoms with Gasteiger partial charge >= 0.3 is 11.3 Å². The zero-order chi connectivity index (χ0) is 49.4. The summed E-state index contributed by atoms with van der Waals surface area (Å²) in [5, 5.41) is 6.88. The van der Waals surface area contributed by atoms with Crippen molar-refractivity contribution in [1.82, 2.24) is 21.5 Å². The third-order valence-electron chi connectivity index (χ3n) is 11.5. The highest BCUT2D eigenvalue weighted by molar-refractivity contribution is 5.98. The van der Waals surface area contributed by atoms with Gasteiger partial charge < -0.3 is 53.0 Å². The number of hydrazine groups is 2. The van der Waals surface area contributed by atoms with Crippen molar-refractivity contribution >= 4 is 56.9 Å². The van der Waals surface area contributed by atoms with Gasteiger partial charge in [0.2, 0.25) is 11.8 Å². The number of carbonyl (C=O) groups excluding carboxylic acids is 4. The lowest BCUT2D eigenvalue weighted by Gasteiger charge is -2.37. The smallest absolute Gasteiger partial charge is 0.349 e. The number of hydrogen-bond acceptors (Lipinski definition) is 17. The second-order valence-electron chi connectivity index (χ2n) is 16.2. The van der Waals surface area contributed by atoms with E-state index in [1.807, 2.05) is 23.6 Å². The van der Waals surface area contributed by atoms with Crippen LogP contribution in [0.25, 0.3) is 21.9 Å². The molecule has 8 N–H and O–H groups in total. The molecule has 21 nitrogen and oxygen atoms in total. The number of amides is 4. The van der Waals surface area contributed by atoms with Gasteiger partial charge in [0.05, 0.1) is 65.9 Å². The van der Waals surface area contributed by atoms with E-state index in [4.69, 9.17) is 44.2 Å². The number of nitrogens with zero attached hydrogens (tertiary/aromatic N) is 2. The van der Waals surface area contributed by atoms with Crippen molar-refractivity contribution in [2.75, 3.05) is 115 Å². The highest BCUT2D eigenvalue weighted by atomic mass is 16.6. The van der Waals surface area contributed by atoms with Gasteiger partial charge in [0.1, 0.15) is 22.3 Å². The normalized spacial score (nSPS) is 12.8. The summed E-state index contributed by atoms with van der Waals surface area (Å²) in [7, 11) is 0. The molecule has 378 valence electrons. The van der Waals surface area contributed by atoms with Crippen molar-refractivity contribution in [2.45, 2.75) is 65.2 Å². The third kappa shape index (κ3) is 16.6. The van der Waals surface area contributed by atoms with Crippen LogP contribution in [0.3, 0.4) is 0 Å². The Bertz CT molecular complexity index is 2420. The number of fused-ring (bicyclic) bond motifs is 3. The topological polar surface area (TPSA) is 281 Å². The molecule has 4 aromatic rings. The van der Waals surface area contributed by atoms with Crippen LogP contribution in [0.15, 0.2) is 54.8 Å². The van der Waals surface area contributed by atoms with Crippen LogP contribution in [0.4, 0.5) is 11.4 Å². The van der Waals surface area contributed by atoms with Crippen LogP contribution in [-0.2, 0) is 46.1 Å². The quantitative estimate of drug-likeness (QED) is 0.0156. The van der Waals surface area contributed by atoms with E-state index in [1.165, 1.54) is 11.3 Å². The molecule has 0 unspecified atom stereocenters. The second-order valence-corrected chi connectivity index (χ2v) is 16.2. The van der Waals surface area contributed by atoms with E-state index in [2.05, 4.69) is 45.8 Å². The minimum atomic E-state index is -0.671. The molecule has 21 heteroatoms. The van der Waals surface area contributed by atoms with Gasteiger partial charge in [-0.3, -0.25) is 30.0 Å². The second kappa shape index (κ2) is 29.2. The number of unbranched alkanes of at least 4 members (excludes halogenated alkanes) is 1. The standard InChI is InChI=1S/C27H38N4O8.C21H30N4O5/c28-30-23(32)5-9-35-11-13-37-15-16-38-14-12-36-10-6-29-26(33)22-18-20-17-19-3-1-7-31-8-2-4-21(24(19)31)25(20)39-27(22)34;1-3-25(4-2)16-9-8-15-13-17(21(28)30-18(15)14-16)20(27)23-10-12-29-11-6-5-7-19(26)24-22/h17-18H,1-16,28H2,(H,29,33)(H,30,32);8-9,13-14H,3-7,10-12,22H2,1-2H3,(H,23,27)(H,24,26). The molecule has 2 aliphatic rings. The maximum atomic E-state index is 12.7. The Labute approximate surface area is 400 Å². The van der Waals surface area contributed by atoms with Crippen LogP contribution in [0.1, 0.15) is 84.2 Å². The molecule has 6 rings (SSSR count). The van der Waals surface area contributed by atoms with E-state index in [0.29, 0.717) is 88.7 Å². The number of nitrogens with two attached hydrogens (primary N) is 2. The van der Waals surface area contributed by atoms with Crippen LogP contribution in [0, 0.1) is 0 Å². The molecule has 0 bridgehead atoms. The Morgan fingerprint density at radius 3 is 1.81 bits per heavy atom. The van der Waals surface area contributed by atoms with Gasteiger partial charge in [0.25, 0.3) is 11.8 Å². The summed E-state index contributed by atoms with van der Waals surface area (Å²) in [6.45, 7) is 12.1. The van der Waals surface area contributed by atoms with E-state index >= 15 is 0 Å². The van der Waals surface area contributed by atoms with Crippen molar-refractivity contribution in [2.24, 2.45) is 11.7 Å². The molecule has 2 aromatic carbocycles. The van der Waals surface area contributed by atoms with Gasteiger partial charge in [-0.2, -0.15) is 0 Å². The molecule has 2 aromatic heterocycles. The van der Waals surface area contributed by atoms with E-state index in [9.17, 15) is 28.8 Å². The average Bonchev–Trinajstić information content (AvgIpc) is 3.36. The predicted molar refractivity (Wildman–Crippen MR) is 259 cm³/mol. The molecular weight excluding hydrogens is 897 g/mol. The summed E-state index contributed by atoms with van der Waals surface area (Å²) < 4.78 is 38.0. The summed E-state index contributed by atoms with van der Waals surface area (Å²) in [5.41, 5.74) is 8.40. The minimum absolute atomic E-state index is 0.00733. The van der Waals surface area contributed by atoms with Crippen LogP contribution >= 0.6 is 0 Å². The maximum Gasteiger partial charge on any atom is 0.349 e. The predicted octanol–water partition coefficient (Wildman–Crippen LogP) is 2.21. The molecule has 0 atom stereocenters. The first-order chi connectivity index (χ1) is 33.6. The minimum Gasteiger partial charge on any atom is -0.422 e. The maximum absolute atomic E-state index is 12.7. The Morgan fingerprint density at radius 1 is 0.638 bits per heavy atom. The number of rotatable bonds is 28. The van der Waals surface area contributed by atoms with Gasteiger partial charge in [-0.15, -0.1) is 0 Å². The fourth-order valence-electron chi connectivity index (χ4n) is 7.97. The highest BCUT2D eigenvalue weighted by Gasteiger charge is 2.28. The zero-order valence-electron chi connectivity index (χ0n) is 39.8. The van der Waals surface area contributed by atoms with Crippen molar-refractivity contribution in [3.05, 3.63) is 79.5 Å². The van der Waals surface area contributed by atoms with E-state index in [0.717, 1.165) is 68.5 Å². The van der Waals surface area contributed by atoms with E-state index in [-0.39, 0.29) is 55.7 Å². The third-order valence-corrected chi connectivity index (χ3v) is 11.5. The molecule has 4 amide bonds.